The molecule has 1 heterocycles. The number of allylic oxidation sites excluding steroid dienone is 1. The van der Waals surface area contributed by atoms with Crippen molar-refractivity contribution in [3.05, 3.63) is 40.3 Å². The van der Waals surface area contributed by atoms with Crippen LogP contribution in [0.5, 0.6) is 0 Å². The molecule has 20 heavy (non-hydrogen) atoms. The van der Waals surface area contributed by atoms with Crippen molar-refractivity contribution in [3.63, 3.8) is 0 Å². The van der Waals surface area contributed by atoms with E-state index in [-0.39, 0.29) is 5.91 Å². The maximum Gasteiger partial charge on any atom is 0.263 e. The minimum absolute atomic E-state index is 0.0917. The van der Waals surface area contributed by atoms with Gasteiger partial charge in [0.15, 0.2) is 5.11 Å². The monoisotopic (exact) mass is 304 g/mol. The van der Waals surface area contributed by atoms with Crippen LogP contribution in [0.2, 0.25) is 0 Å². The predicted octanol–water partition coefficient (Wildman–Crippen LogP) is 3.14. The number of benzene rings is 1. The van der Waals surface area contributed by atoms with Gasteiger partial charge < -0.3 is 5.32 Å². The van der Waals surface area contributed by atoms with Crippen LogP contribution >= 0.6 is 24.0 Å². The number of carbonyl (C=O) groups excluding carboxylic acids is 1. The summed E-state index contributed by atoms with van der Waals surface area (Å²) >= 11 is 6.89. The molecule has 2 N–H and O–H groups in total. The Morgan fingerprint density at radius 2 is 2.05 bits per heavy atom. The number of hydrogen-bond donors (Lipinski definition) is 2. The van der Waals surface area contributed by atoms with E-state index in [1.807, 2.05) is 32.0 Å². The molecule has 0 spiro atoms. The van der Waals surface area contributed by atoms with Crippen LogP contribution in [0.25, 0.3) is 0 Å². The van der Waals surface area contributed by atoms with Crippen LogP contribution in [0.15, 0.2) is 29.2 Å². The van der Waals surface area contributed by atoms with Gasteiger partial charge in [-0.1, -0.05) is 24.3 Å². The normalized spacial score (nSPS) is 22.8. The van der Waals surface area contributed by atoms with E-state index in [4.69, 9.17) is 12.2 Å². The third-order valence-electron chi connectivity index (χ3n) is 3.59. The topological polar surface area (TPSA) is 41.1 Å². The molecule has 1 saturated carbocycles. The molecule has 2 aliphatic rings. The molecule has 1 aromatic rings. The van der Waals surface area contributed by atoms with Crippen molar-refractivity contribution in [2.75, 3.05) is 5.32 Å². The first-order valence-electron chi connectivity index (χ1n) is 6.61. The number of thiocarbonyl (C=S) groups is 1. The van der Waals surface area contributed by atoms with Crippen molar-refractivity contribution in [1.29, 1.82) is 0 Å². The maximum atomic E-state index is 12.1. The number of amides is 1. The van der Waals surface area contributed by atoms with Crippen molar-refractivity contribution in [2.24, 2.45) is 5.92 Å². The Hall–Kier alpha value is -1.33. The predicted molar refractivity (Wildman–Crippen MR) is 87.8 cm³/mol. The van der Waals surface area contributed by atoms with Gasteiger partial charge in [-0.15, -0.1) is 11.8 Å². The van der Waals surface area contributed by atoms with Gasteiger partial charge >= 0.3 is 0 Å². The number of nitrogens with one attached hydrogen (secondary N) is 2. The zero-order valence-electron chi connectivity index (χ0n) is 11.4. The van der Waals surface area contributed by atoms with Gasteiger partial charge in [0.05, 0.1) is 4.91 Å². The van der Waals surface area contributed by atoms with Crippen LogP contribution in [0.3, 0.4) is 0 Å². The molecule has 1 aliphatic heterocycles. The Kier molecular flexibility index (Phi) is 3.56. The summed E-state index contributed by atoms with van der Waals surface area (Å²) < 4.78 is 0. The summed E-state index contributed by atoms with van der Waals surface area (Å²) in [6, 6.07) is 6.04. The molecule has 0 bridgehead atoms. The maximum absolute atomic E-state index is 12.1. The molecule has 2 unspecified atom stereocenters. The smallest absolute Gasteiger partial charge is 0.263 e. The lowest BCUT2D eigenvalue weighted by molar-refractivity contribution is -0.115. The van der Waals surface area contributed by atoms with Crippen LogP contribution in [-0.4, -0.2) is 16.3 Å². The number of para-hydroxylation sites is 1. The summed E-state index contributed by atoms with van der Waals surface area (Å²) in [6.07, 6.45) is 3.28. The zero-order chi connectivity index (χ0) is 14.3. The summed E-state index contributed by atoms with van der Waals surface area (Å²) in [6.45, 7) is 4.03. The fourth-order valence-corrected chi connectivity index (χ4v) is 3.85. The lowest BCUT2D eigenvalue weighted by Crippen LogP contribution is -2.34. The number of fused-ring (bicyclic) bond motifs is 1. The van der Waals surface area contributed by atoms with Crippen molar-refractivity contribution >= 4 is 40.7 Å². The minimum Gasteiger partial charge on any atom is -0.332 e. The minimum atomic E-state index is -0.0917. The van der Waals surface area contributed by atoms with E-state index in [0.717, 1.165) is 21.7 Å². The molecular weight excluding hydrogens is 288 g/mol. The van der Waals surface area contributed by atoms with Gasteiger partial charge in [-0.25, -0.2) is 0 Å². The molecule has 3 rings (SSSR count). The highest BCUT2D eigenvalue weighted by Gasteiger charge is 2.43. The molecule has 1 aromatic carbocycles. The van der Waals surface area contributed by atoms with Crippen molar-refractivity contribution in [2.45, 2.75) is 25.5 Å². The van der Waals surface area contributed by atoms with Gasteiger partial charge in [-0.2, -0.15) is 0 Å². The molecule has 0 saturated heterocycles. The number of carbonyl (C=O) groups is 1. The molecule has 1 aliphatic carbocycles. The average Bonchev–Trinajstić information content (AvgIpc) is 3.00. The molecule has 1 amide bonds. The van der Waals surface area contributed by atoms with E-state index in [2.05, 4.69) is 16.7 Å². The summed E-state index contributed by atoms with van der Waals surface area (Å²) in [5, 5.41) is 6.87. The Labute approximate surface area is 128 Å². The highest BCUT2D eigenvalue weighted by Crippen LogP contribution is 2.52. The van der Waals surface area contributed by atoms with Crippen LogP contribution in [-0.2, 0) is 4.79 Å². The van der Waals surface area contributed by atoms with Crippen LogP contribution in [0.4, 0.5) is 5.69 Å². The van der Waals surface area contributed by atoms with E-state index >= 15 is 0 Å². The number of hydrogen-bond acceptors (Lipinski definition) is 3. The average molecular weight is 304 g/mol. The first kappa shape index (κ1) is 13.6. The van der Waals surface area contributed by atoms with Crippen molar-refractivity contribution < 1.29 is 4.79 Å². The Morgan fingerprint density at radius 1 is 1.35 bits per heavy atom. The summed E-state index contributed by atoms with van der Waals surface area (Å²) in [4.78, 5) is 12.9. The van der Waals surface area contributed by atoms with Gasteiger partial charge in [-0.3, -0.25) is 10.1 Å². The van der Waals surface area contributed by atoms with E-state index < -0.39 is 0 Å². The van der Waals surface area contributed by atoms with Crippen LogP contribution < -0.4 is 10.6 Å². The second-order valence-electron chi connectivity index (χ2n) is 5.26. The van der Waals surface area contributed by atoms with Gasteiger partial charge in [-0.05, 0) is 49.5 Å². The Bertz CT molecular complexity index is 604. The van der Waals surface area contributed by atoms with E-state index in [9.17, 15) is 4.79 Å². The summed E-state index contributed by atoms with van der Waals surface area (Å²) in [5.74, 6) is 0.520. The Balaban J connectivity index is 1.62. The van der Waals surface area contributed by atoms with Crippen LogP contribution in [0.1, 0.15) is 17.5 Å². The van der Waals surface area contributed by atoms with Gasteiger partial charge in [0, 0.05) is 10.9 Å². The number of aryl methyl sites for hydroxylation is 2. The Morgan fingerprint density at radius 3 is 2.65 bits per heavy atom. The molecule has 2 atom stereocenters. The van der Waals surface area contributed by atoms with E-state index in [0.29, 0.717) is 16.3 Å². The zero-order valence-corrected chi connectivity index (χ0v) is 13.0. The number of anilines is 1. The third-order valence-corrected chi connectivity index (χ3v) is 5.22. The summed E-state index contributed by atoms with van der Waals surface area (Å²) in [7, 11) is 0. The lowest BCUT2D eigenvalue weighted by Gasteiger charge is -2.14. The highest BCUT2D eigenvalue weighted by molar-refractivity contribution is 8.05. The van der Waals surface area contributed by atoms with Crippen LogP contribution in [0, 0.1) is 19.8 Å². The molecule has 0 radical (unpaired) electrons. The first-order chi connectivity index (χ1) is 9.54. The third kappa shape index (κ3) is 2.74. The molecule has 0 aromatic heterocycles. The SMILES string of the molecule is Cc1cccc(C)c1NC(=S)NC(=O)C1=CC2CC2S1. The van der Waals surface area contributed by atoms with E-state index in [1.165, 1.54) is 6.42 Å². The molecule has 104 valence electrons. The van der Waals surface area contributed by atoms with Gasteiger partial charge in [0.1, 0.15) is 0 Å². The fraction of sp³-hybridized carbons (Fsp3) is 0.333. The van der Waals surface area contributed by atoms with E-state index in [1.54, 1.807) is 11.8 Å². The molecule has 1 fully saturated rings. The molecule has 3 nitrogen and oxygen atoms in total. The highest BCUT2D eigenvalue weighted by atomic mass is 32.2. The second-order valence-corrected chi connectivity index (χ2v) is 6.95. The largest absolute Gasteiger partial charge is 0.332 e. The second kappa shape index (κ2) is 5.22. The van der Waals surface area contributed by atoms with Gasteiger partial charge in [0.25, 0.3) is 5.91 Å². The lowest BCUT2D eigenvalue weighted by atomic mass is 10.1. The standard InChI is InChI=1S/C15H16N2OS2/c1-8-4-3-5-9(2)13(8)16-15(19)17-14(18)12-7-10-6-11(10)20-12/h3-5,7,10-11H,6H2,1-2H3,(H2,16,17,18,19). The fourth-order valence-electron chi connectivity index (χ4n) is 2.35. The molecular formula is C15H16N2OS2. The first-order valence-corrected chi connectivity index (χ1v) is 7.90. The quantitative estimate of drug-likeness (QED) is 0.824. The van der Waals surface area contributed by atoms with Crippen molar-refractivity contribution in [1.82, 2.24) is 5.32 Å². The summed E-state index contributed by atoms with van der Waals surface area (Å²) in [5.41, 5.74) is 3.18. The number of thioether (sulfide) groups is 1. The molecule has 5 heteroatoms. The van der Waals surface area contributed by atoms with Crippen molar-refractivity contribution in [3.8, 4) is 0 Å². The number of rotatable bonds is 2. The van der Waals surface area contributed by atoms with Gasteiger partial charge in [0.2, 0.25) is 0 Å².